The van der Waals surface area contributed by atoms with Gasteiger partial charge in [0.1, 0.15) is 12.2 Å². The molecule has 0 aromatic rings. The van der Waals surface area contributed by atoms with Crippen molar-refractivity contribution in [3.8, 4) is 0 Å². The van der Waals surface area contributed by atoms with E-state index in [0.717, 1.165) is 25.7 Å². The lowest BCUT2D eigenvalue weighted by Crippen LogP contribution is -2.56. The molecule has 1 spiro atoms. The van der Waals surface area contributed by atoms with E-state index in [9.17, 15) is 4.79 Å². The number of rotatable bonds is 7. The lowest BCUT2D eigenvalue weighted by atomic mass is 9.87. The molecule has 2 rings (SSSR count). The van der Waals surface area contributed by atoms with E-state index in [0.29, 0.717) is 13.2 Å². The van der Waals surface area contributed by atoms with Crippen LogP contribution in [0.25, 0.3) is 0 Å². The third-order valence-electron chi connectivity index (χ3n) is 4.30. The van der Waals surface area contributed by atoms with Crippen molar-refractivity contribution >= 4 is 5.97 Å². The Morgan fingerprint density at radius 3 is 2.27 bits per heavy atom. The van der Waals surface area contributed by atoms with E-state index in [4.69, 9.17) is 23.7 Å². The van der Waals surface area contributed by atoms with Crippen LogP contribution in [0.15, 0.2) is 0 Å². The van der Waals surface area contributed by atoms with Crippen LogP contribution in [-0.2, 0) is 28.5 Å². The van der Waals surface area contributed by atoms with Crippen LogP contribution in [0.4, 0.5) is 0 Å². The highest BCUT2D eigenvalue weighted by Gasteiger charge is 2.50. The topological polar surface area (TPSA) is 63.2 Å². The Balaban J connectivity index is 1.95. The maximum atomic E-state index is 12.4. The van der Waals surface area contributed by atoms with Gasteiger partial charge in [-0.3, -0.25) is 4.79 Å². The van der Waals surface area contributed by atoms with Gasteiger partial charge in [0.05, 0.1) is 26.4 Å². The van der Waals surface area contributed by atoms with Crippen LogP contribution in [-0.4, -0.2) is 51.6 Å². The van der Waals surface area contributed by atoms with Crippen LogP contribution in [0.3, 0.4) is 0 Å². The van der Waals surface area contributed by atoms with E-state index in [1.54, 1.807) is 6.92 Å². The molecule has 1 saturated carbocycles. The molecule has 22 heavy (non-hydrogen) atoms. The summed E-state index contributed by atoms with van der Waals surface area (Å²) in [4.78, 5) is 12.4. The zero-order valence-corrected chi connectivity index (χ0v) is 13.7. The second kappa shape index (κ2) is 8.24. The van der Waals surface area contributed by atoms with Gasteiger partial charge < -0.3 is 23.7 Å². The van der Waals surface area contributed by atoms with Gasteiger partial charge in [0.2, 0.25) is 0 Å². The van der Waals surface area contributed by atoms with Gasteiger partial charge in [-0.25, -0.2) is 0 Å². The van der Waals surface area contributed by atoms with Crippen molar-refractivity contribution in [2.24, 2.45) is 5.41 Å². The number of carbonyl (C=O) groups excluding carboxylic acids is 1. The lowest BCUT2D eigenvalue weighted by molar-refractivity contribution is -0.318. The van der Waals surface area contributed by atoms with Crippen molar-refractivity contribution in [3.05, 3.63) is 0 Å². The van der Waals surface area contributed by atoms with Crippen LogP contribution in [0.1, 0.15) is 46.0 Å². The zero-order chi connectivity index (χ0) is 15.9. The first-order valence-electron chi connectivity index (χ1n) is 8.27. The average Bonchev–Trinajstić information content (AvgIpc) is 2.55. The van der Waals surface area contributed by atoms with E-state index in [-0.39, 0.29) is 32.6 Å². The fraction of sp³-hybridized carbons (Fsp3) is 0.938. The molecule has 0 atom stereocenters. The fourth-order valence-corrected chi connectivity index (χ4v) is 2.93. The summed E-state index contributed by atoms with van der Waals surface area (Å²) in [5.41, 5.74) is -0.893. The first-order valence-corrected chi connectivity index (χ1v) is 8.27. The number of ether oxygens (including phenoxy) is 5. The van der Waals surface area contributed by atoms with Gasteiger partial charge in [-0.2, -0.15) is 0 Å². The van der Waals surface area contributed by atoms with E-state index in [1.165, 1.54) is 6.42 Å². The predicted octanol–water partition coefficient (Wildman–Crippen LogP) is 2.25. The first kappa shape index (κ1) is 17.7. The van der Waals surface area contributed by atoms with E-state index >= 15 is 0 Å². The lowest BCUT2D eigenvalue weighted by Gasteiger charge is -2.46. The van der Waals surface area contributed by atoms with Gasteiger partial charge in [-0.05, 0) is 26.7 Å². The SMILES string of the molecule is CCOCOCC1(C(=O)OCC)COC2(CCCCC2)OC1. The molecule has 1 heterocycles. The summed E-state index contributed by atoms with van der Waals surface area (Å²) < 4.78 is 27.8. The Bertz CT molecular complexity index is 341. The largest absolute Gasteiger partial charge is 0.465 e. The molecule has 6 heteroatoms. The van der Waals surface area contributed by atoms with Crippen LogP contribution >= 0.6 is 0 Å². The van der Waals surface area contributed by atoms with Gasteiger partial charge in [-0.15, -0.1) is 0 Å². The second-order valence-electron chi connectivity index (χ2n) is 6.01. The number of hydrogen-bond donors (Lipinski definition) is 0. The van der Waals surface area contributed by atoms with E-state index < -0.39 is 11.2 Å². The Hall–Kier alpha value is -0.690. The van der Waals surface area contributed by atoms with Crippen molar-refractivity contribution in [2.75, 3.05) is 39.8 Å². The molecule has 2 aliphatic rings. The molecule has 0 aromatic heterocycles. The maximum Gasteiger partial charge on any atom is 0.319 e. The van der Waals surface area contributed by atoms with Gasteiger partial charge in [0.15, 0.2) is 5.79 Å². The van der Waals surface area contributed by atoms with Crippen molar-refractivity contribution in [1.82, 2.24) is 0 Å². The molecule has 2 fully saturated rings. The average molecular weight is 316 g/mol. The summed E-state index contributed by atoms with van der Waals surface area (Å²) in [5.74, 6) is -0.828. The second-order valence-corrected chi connectivity index (χ2v) is 6.01. The highest BCUT2D eigenvalue weighted by atomic mass is 16.7. The Morgan fingerprint density at radius 2 is 1.68 bits per heavy atom. The monoisotopic (exact) mass is 316 g/mol. The minimum absolute atomic E-state index is 0.156. The molecule has 1 aliphatic carbocycles. The summed E-state index contributed by atoms with van der Waals surface area (Å²) in [6, 6.07) is 0. The Kier molecular flexibility index (Phi) is 6.62. The molecule has 1 aliphatic heterocycles. The van der Waals surface area contributed by atoms with Crippen LogP contribution in [0.2, 0.25) is 0 Å². The molecular formula is C16H28O6. The van der Waals surface area contributed by atoms with Gasteiger partial charge >= 0.3 is 5.97 Å². The molecule has 0 N–H and O–H groups in total. The zero-order valence-electron chi connectivity index (χ0n) is 13.7. The van der Waals surface area contributed by atoms with E-state index in [1.807, 2.05) is 6.92 Å². The fourth-order valence-electron chi connectivity index (χ4n) is 2.93. The van der Waals surface area contributed by atoms with Crippen LogP contribution < -0.4 is 0 Å². The van der Waals surface area contributed by atoms with Gasteiger partial charge in [-0.1, -0.05) is 6.42 Å². The summed E-state index contributed by atoms with van der Waals surface area (Å²) in [5, 5.41) is 0. The van der Waals surface area contributed by atoms with E-state index in [2.05, 4.69) is 0 Å². The summed E-state index contributed by atoms with van der Waals surface area (Å²) in [7, 11) is 0. The Labute approximate surface area is 132 Å². The molecule has 1 saturated heterocycles. The van der Waals surface area contributed by atoms with Crippen molar-refractivity contribution in [2.45, 2.75) is 51.7 Å². The third kappa shape index (κ3) is 4.19. The summed E-state index contributed by atoms with van der Waals surface area (Å²) >= 11 is 0. The van der Waals surface area contributed by atoms with Crippen molar-refractivity contribution in [1.29, 1.82) is 0 Å². The minimum Gasteiger partial charge on any atom is -0.465 e. The number of hydrogen-bond acceptors (Lipinski definition) is 6. The normalized spacial score (nSPS) is 23.4. The predicted molar refractivity (Wildman–Crippen MR) is 79.2 cm³/mol. The van der Waals surface area contributed by atoms with Gasteiger partial charge in [0.25, 0.3) is 0 Å². The minimum atomic E-state index is -0.893. The third-order valence-corrected chi connectivity index (χ3v) is 4.30. The first-order chi connectivity index (χ1) is 10.7. The Morgan fingerprint density at radius 1 is 1.00 bits per heavy atom. The summed E-state index contributed by atoms with van der Waals surface area (Å²) in [6.45, 7) is 5.48. The highest BCUT2D eigenvalue weighted by Crippen LogP contribution is 2.40. The quantitative estimate of drug-likeness (QED) is 0.408. The molecule has 0 bridgehead atoms. The number of esters is 1. The summed E-state index contributed by atoms with van der Waals surface area (Å²) in [6.07, 6.45) is 5.22. The maximum absolute atomic E-state index is 12.4. The molecule has 0 aromatic carbocycles. The molecule has 0 amide bonds. The molecule has 128 valence electrons. The highest BCUT2D eigenvalue weighted by molar-refractivity contribution is 5.77. The van der Waals surface area contributed by atoms with Gasteiger partial charge in [0, 0.05) is 19.4 Å². The van der Waals surface area contributed by atoms with Crippen molar-refractivity contribution in [3.63, 3.8) is 0 Å². The molecule has 0 radical (unpaired) electrons. The molecule has 0 unspecified atom stereocenters. The molecule has 6 nitrogen and oxygen atoms in total. The number of carbonyl (C=O) groups is 1. The standard InChI is InChI=1S/C16H28O6/c1-3-18-13-19-10-15(14(17)20-4-2)11-21-16(22-12-15)8-6-5-7-9-16/h3-13H2,1-2H3. The van der Waals surface area contributed by atoms with Crippen molar-refractivity contribution < 1.29 is 28.5 Å². The molecular weight excluding hydrogens is 288 g/mol. The smallest absolute Gasteiger partial charge is 0.319 e. The van der Waals surface area contributed by atoms with Crippen LogP contribution in [0, 0.1) is 5.41 Å². The van der Waals surface area contributed by atoms with Crippen LogP contribution in [0.5, 0.6) is 0 Å².